The van der Waals surface area contributed by atoms with Gasteiger partial charge in [0.1, 0.15) is 0 Å². The molecule has 9 heteroatoms. The second-order valence-electron chi connectivity index (χ2n) is 6.51. The molecule has 2 aromatic carbocycles. The SMILES string of the molecule is CCCCNS(=O)(=O)c1cccc(NC(=O)c2cccc(Nc3ncccn3)c2)c1. The summed E-state index contributed by atoms with van der Waals surface area (Å²) in [5, 5.41) is 5.77. The van der Waals surface area contributed by atoms with Crippen LogP contribution in [0.3, 0.4) is 0 Å². The number of amides is 1. The topological polar surface area (TPSA) is 113 Å². The number of carbonyl (C=O) groups excluding carboxylic acids is 1. The van der Waals surface area contributed by atoms with Crippen LogP contribution in [-0.4, -0.2) is 30.8 Å². The van der Waals surface area contributed by atoms with Crippen LogP contribution in [-0.2, 0) is 10.0 Å². The summed E-state index contributed by atoms with van der Waals surface area (Å²) in [6.07, 6.45) is 4.88. The van der Waals surface area contributed by atoms with Gasteiger partial charge in [-0.15, -0.1) is 0 Å². The van der Waals surface area contributed by atoms with Crippen LogP contribution in [0.4, 0.5) is 17.3 Å². The second kappa shape index (κ2) is 9.95. The first-order valence-corrected chi connectivity index (χ1v) is 11.0. The zero-order valence-electron chi connectivity index (χ0n) is 16.5. The molecule has 0 unspecified atom stereocenters. The van der Waals surface area contributed by atoms with Gasteiger partial charge >= 0.3 is 0 Å². The molecule has 0 spiro atoms. The second-order valence-corrected chi connectivity index (χ2v) is 8.28. The molecule has 0 saturated carbocycles. The monoisotopic (exact) mass is 425 g/mol. The predicted molar refractivity (Wildman–Crippen MR) is 116 cm³/mol. The van der Waals surface area contributed by atoms with Gasteiger partial charge in [-0.1, -0.05) is 25.5 Å². The molecular weight excluding hydrogens is 402 g/mol. The van der Waals surface area contributed by atoms with Crippen molar-refractivity contribution < 1.29 is 13.2 Å². The minimum atomic E-state index is -3.62. The van der Waals surface area contributed by atoms with E-state index in [-0.39, 0.29) is 10.8 Å². The standard InChI is InChI=1S/C21H23N5O3S/c1-2-3-13-24-30(28,29)19-10-5-9-18(15-19)25-20(27)16-7-4-8-17(14-16)26-21-22-11-6-12-23-21/h4-12,14-15,24H,2-3,13H2,1H3,(H,25,27)(H,22,23,26). The van der Waals surface area contributed by atoms with Crippen LogP contribution in [0.25, 0.3) is 0 Å². The Kier molecular flexibility index (Phi) is 7.10. The number of carbonyl (C=O) groups is 1. The summed E-state index contributed by atoms with van der Waals surface area (Å²) >= 11 is 0. The molecule has 0 aliphatic heterocycles. The maximum Gasteiger partial charge on any atom is 0.255 e. The van der Waals surface area contributed by atoms with Crippen molar-refractivity contribution in [3.05, 3.63) is 72.6 Å². The molecule has 0 fully saturated rings. The van der Waals surface area contributed by atoms with Crippen molar-refractivity contribution in [3.63, 3.8) is 0 Å². The van der Waals surface area contributed by atoms with E-state index in [1.807, 2.05) is 6.92 Å². The third kappa shape index (κ3) is 5.85. The Balaban J connectivity index is 1.71. The van der Waals surface area contributed by atoms with Crippen molar-refractivity contribution in [3.8, 4) is 0 Å². The molecule has 1 heterocycles. The third-order valence-electron chi connectivity index (χ3n) is 4.17. The molecule has 0 bridgehead atoms. The van der Waals surface area contributed by atoms with Gasteiger partial charge in [0.15, 0.2) is 0 Å². The average Bonchev–Trinajstić information content (AvgIpc) is 2.75. The van der Waals surface area contributed by atoms with Gasteiger partial charge in [-0.3, -0.25) is 4.79 Å². The van der Waals surface area contributed by atoms with E-state index in [0.717, 1.165) is 12.8 Å². The van der Waals surface area contributed by atoms with Crippen LogP contribution >= 0.6 is 0 Å². The number of hydrogen-bond donors (Lipinski definition) is 3. The minimum Gasteiger partial charge on any atom is -0.324 e. The van der Waals surface area contributed by atoms with Crippen LogP contribution in [0.1, 0.15) is 30.1 Å². The molecule has 0 radical (unpaired) electrons. The van der Waals surface area contributed by atoms with Crippen molar-refractivity contribution in [2.24, 2.45) is 0 Å². The molecule has 3 rings (SSSR count). The number of hydrogen-bond acceptors (Lipinski definition) is 6. The Labute approximate surface area is 175 Å². The van der Waals surface area contributed by atoms with Crippen molar-refractivity contribution in [2.75, 3.05) is 17.2 Å². The Morgan fingerprint density at radius 1 is 0.967 bits per heavy atom. The van der Waals surface area contributed by atoms with Crippen LogP contribution in [0.15, 0.2) is 71.9 Å². The highest BCUT2D eigenvalue weighted by Gasteiger charge is 2.15. The van der Waals surface area contributed by atoms with Crippen molar-refractivity contribution in [1.82, 2.24) is 14.7 Å². The van der Waals surface area contributed by atoms with E-state index >= 15 is 0 Å². The van der Waals surface area contributed by atoms with Crippen LogP contribution < -0.4 is 15.4 Å². The Bertz CT molecular complexity index is 1100. The maximum atomic E-state index is 12.7. The molecule has 0 aliphatic carbocycles. The number of anilines is 3. The lowest BCUT2D eigenvalue weighted by molar-refractivity contribution is 0.102. The zero-order valence-corrected chi connectivity index (χ0v) is 17.3. The first kappa shape index (κ1) is 21.4. The Morgan fingerprint density at radius 3 is 2.47 bits per heavy atom. The number of aromatic nitrogens is 2. The van der Waals surface area contributed by atoms with Gasteiger partial charge in [-0.05, 0) is 48.9 Å². The number of unbranched alkanes of at least 4 members (excludes halogenated alkanes) is 1. The van der Waals surface area contributed by atoms with Gasteiger partial charge in [-0.25, -0.2) is 23.1 Å². The number of sulfonamides is 1. The van der Waals surface area contributed by atoms with Crippen LogP contribution in [0.5, 0.6) is 0 Å². The Morgan fingerprint density at radius 2 is 1.70 bits per heavy atom. The fourth-order valence-corrected chi connectivity index (χ4v) is 3.76. The molecule has 0 aliphatic rings. The highest BCUT2D eigenvalue weighted by Crippen LogP contribution is 2.18. The molecule has 1 aromatic heterocycles. The van der Waals surface area contributed by atoms with E-state index in [1.165, 1.54) is 12.1 Å². The highest BCUT2D eigenvalue weighted by atomic mass is 32.2. The van der Waals surface area contributed by atoms with Gasteiger partial charge in [0.05, 0.1) is 4.90 Å². The van der Waals surface area contributed by atoms with Gasteiger partial charge in [0, 0.05) is 35.9 Å². The summed E-state index contributed by atoms with van der Waals surface area (Å²) in [5.41, 5.74) is 1.46. The fraction of sp³-hybridized carbons (Fsp3) is 0.190. The lowest BCUT2D eigenvalue weighted by Crippen LogP contribution is -2.24. The summed E-state index contributed by atoms with van der Waals surface area (Å²) in [5.74, 6) is 0.0599. The first-order valence-electron chi connectivity index (χ1n) is 9.53. The van der Waals surface area contributed by atoms with E-state index in [9.17, 15) is 13.2 Å². The van der Waals surface area contributed by atoms with Crippen molar-refractivity contribution >= 4 is 33.3 Å². The van der Waals surface area contributed by atoms with Gasteiger partial charge < -0.3 is 10.6 Å². The molecule has 30 heavy (non-hydrogen) atoms. The van der Waals surface area contributed by atoms with E-state index < -0.39 is 10.0 Å². The lowest BCUT2D eigenvalue weighted by atomic mass is 10.2. The molecule has 156 valence electrons. The fourth-order valence-electron chi connectivity index (χ4n) is 2.64. The van der Waals surface area contributed by atoms with Crippen molar-refractivity contribution in [2.45, 2.75) is 24.7 Å². The van der Waals surface area contributed by atoms with Crippen molar-refractivity contribution in [1.29, 1.82) is 0 Å². The first-order chi connectivity index (χ1) is 14.5. The van der Waals surface area contributed by atoms with Crippen LogP contribution in [0.2, 0.25) is 0 Å². The van der Waals surface area contributed by atoms with Gasteiger partial charge in [0.25, 0.3) is 5.91 Å². The lowest BCUT2D eigenvalue weighted by Gasteiger charge is -2.10. The van der Waals surface area contributed by atoms with E-state index in [0.29, 0.717) is 29.4 Å². The zero-order chi connectivity index (χ0) is 21.4. The summed E-state index contributed by atoms with van der Waals surface area (Å²) < 4.78 is 27.3. The molecule has 3 N–H and O–H groups in total. The molecule has 0 atom stereocenters. The molecule has 8 nitrogen and oxygen atoms in total. The van der Waals surface area contributed by atoms with Gasteiger partial charge in [0.2, 0.25) is 16.0 Å². The normalized spacial score (nSPS) is 11.1. The highest BCUT2D eigenvalue weighted by molar-refractivity contribution is 7.89. The minimum absolute atomic E-state index is 0.105. The quantitative estimate of drug-likeness (QED) is 0.452. The third-order valence-corrected chi connectivity index (χ3v) is 5.63. The largest absolute Gasteiger partial charge is 0.324 e. The number of rotatable bonds is 9. The summed E-state index contributed by atoms with van der Waals surface area (Å²) in [6.45, 7) is 2.36. The van der Waals surface area contributed by atoms with Crippen LogP contribution in [0, 0.1) is 0 Å². The number of nitrogens with one attached hydrogen (secondary N) is 3. The molecular formula is C21H23N5O3S. The summed E-state index contributed by atoms with van der Waals surface area (Å²) in [4.78, 5) is 20.9. The Hall–Kier alpha value is -3.30. The summed E-state index contributed by atoms with van der Waals surface area (Å²) in [7, 11) is -3.62. The summed E-state index contributed by atoms with van der Waals surface area (Å²) in [6, 6.07) is 14.7. The predicted octanol–water partition coefficient (Wildman–Crippen LogP) is 3.55. The molecule has 3 aromatic rings. The van der Waals surface area contributed by atoms with Gasteiger partial charge in [-0.2, -0.15) is 0 Å². The van der Waals surface area contributed by atoms with E-state index in [2.05, 4.69) is 25.3 Å². The number of benzene rings is 2. The smallest absolute Gasteiger partial charge is 0.255 e. The van der Waals surface area contributed by atoms with E-state index in [4.69, 9.17) is 0 Å². The molecule has 0 saturated heterocycles. The average molecular weight is 426 g/mol. The molecule has 1 amide bonds. The number of nitrogens with zero attached hydrogens (tertiary/aromatic N) is 2. The van der Waals surface area contributed by atoms with E-state index in [1.54, 1.807) is 54.9 Å². The maximum absolute atomic E-state index is 12.7.